The second kappa shape index (κ2) is 9.74. The third kappa shape index (κ3) is 4.47. The predicted octanol–water partition coefficient (Wildman–Crippen LogP) is 4.45. The molecule has 3 aromatic carbocycles. The lowest BCUT2D eigenvalue weighted by Crippen LogP contribution is -2.41. The molecule has 0 fully saturated rings. The van der Waals surface area contributed by atoms with E-state index in [1.54, 1.807) is 62.5 Å². The number of ether oxygens (including phenoxy) is 1. The minimum absolute atomic E-state index is 0.146. The van der Waals surface area contributed by atoms with Crippen LogP contribution in [0.5, 0.6) is 0 Å². The van der Waals surface area contributed by atoms with Crippen molar-refractivity contribution in [2.75, 3.05) is 30.4 Å². The van der Waals surface area contributed by atoms with Crippen molar-refractivity contribution >= 4 is 46.0 Å². The van der Waals surface area contributed by atoms with E-state index in [4.69, 9.17) is 4.74 Å². The molecule has 0 aromatic heterocycles. The highest BCUT2D eigenvalue weighted by Crippen LogP contribution is 2.30. The number of hydrogen-bond acceptors (Lipinski definition) is 5. The van der Waals surface area contributed by atoms with Crippen LogP contribution in [0.1, 0.15) is 40.5 Å². The molecule has 34 heavy (non-hydrogen) atoms. The molecule has 4 amide bonds. The van der Waals surface area contributed by atoms with Crippen molar-refractivity contribution < 1.29 is 23.9 Å². The molecular formula is C26H25N3O5. The van der Waals surface area contributed by atoms with Crippen molar-refractivity contribution in [3.8, 4) is 0 Å². The summed E-state index contributed by atoms with van der Waals surface area (Å²) in [6.45, 7) is 2.17. The van der Waals surface area contributed by atoms with Gasteiger partial charge in [0.05, 0.1) is 6.61 Å². The Labute approximate surface area is 197 Å². The van der Waals surface area contributed by atoms with Gasteiger partial charge in [0.25, 0.3) is 11.8 Å². The zero-order chi connectivity index (χ0) is 24.2. The molecular weight excluding hydrogens is 434 g/mol. The highest BCUT2D eigenvalue weighted by molar-refractivity contribution is 6.25. The fourth-order valence-corrected chi connectivity index (χ4v) is 4.00. The van der Waals surface area contributed by atoms with Gasteiger partial charge in [-0.3, -0.25) is 24.2 Å². The molecule has 0 aliphatic carbocycles. The molecule has 8 nitrogen and oxygen atoms in total. The maximum Gasteiger partial charge on any atom is 0.413 e. The van der Waals surface area contributed by atoms with Crippen LogP contribution in [0, 0.1) is 0 Å². The normalized spacial score (nSPS) is 12.6. The number of hydrogen-bond donors (Lipinski definition) is 1. The molecule has 0 saturated heterocycles. The summed E-state index contributed by atoms with van der Waals surface area (Å²) < 4.78 is 4.96. The Kier molecular flexibility index (Phi) is 6.58. The van der Waals surface area contributed by atoms with Crippen LogP contribution in [0.4, 0.5) is 16.2 Å². The van der Waals surface area contributed by atoms with Crippen LogP contribution in [0.25, 0.3) is 10.8 Å². The zero-order valence-corrected chi connectivity index (χ0v) is 19.0. The molecule has 1 aliphatic heterocycles. The molecule has 0 unspecified atom stereocenters. The number of amides is 4. The summed E-state index contributed by atoms with van der Waals surface area (Å²) in [5, 5.41) is 4.34. The van der Waals surface area contributed by atoms with E-state index in [1.807, 2.05) is 12.1 Å². The first kappa shape index (κ1) is 23.0. The first-order chi connectivity index (χ1) is 16.4. The van der Waals surface area contributed by atoms with Crippen LogP contribution in [-0.4, -0.2) is 48.9 Å². The van der Waals surface area contributed by atoms with Crippen molar-refractivity contribution in [3.63, 3.8) is 0 Å². The van der Waals surface area contributed by atoms with E-state index >= 15 is 0 Å². The van der Waals surface area contributed by atoms with Crippen molar-refractivity contribution in [1.82, 2.24) is 4.90 Å². The Morgan fingerprint density at radius 3 is 2.15 bits per heavy atom. The van der Waals surface area contributed by atoms with Gasteiger partial charge >= 0.3 is 6.09 Å². The number of imide groups is 1. The Bertz CT molecular complexity index is 1220. The second-order valence-corrected chi connectivity index (χ2v) is 7.93. The summed E-state index contributed by atoms with van der Waals surface area (Å²) in [4.78, 5) is 52.6. The zero-order valence-electron chi connectivity index (χ0n) is 19.0. The number of carbonyl (C=O) groups excluding carboxylic acids is 4. The second-order valence-electron chi connectivity index (χ2n) is 7.93. The number of nitrogens with zero attached hydrogens (tertiary/aromatic N) is 2. The third-order valence-corrected chi connectivity index (χ3v) is 5.72. The molecule has 0 spiro atoms. The first-order valence-corrected chi connectivity index (χ1v) is 11.1. The summed E-state index contributed by atoms with van der Waals surface area (Å²) in [6.07, 6.45) is 0.0263. The SMILES string of the molecule is CCOC(=O)N(C)c1ccc(NC(=O)CCCN2C(=O)c3cccc4cccc(c34)C2=O)cc1. The first-order valence-electron chi connectivity index (χ1n) is 11.1. The lowest BCUT2D eigenvalue weighted by atomic mass is 9.94. The van der Waals surface area contributed by atoms with Crippen LogP contribution in [0.15, 0.2) is 60.7 Å². The van der Waals surface area contributed by atoms with Gasteiger partial charge < -0.3 is 10.1 Å². The number of benzene rings is 3. The Balaban J connectivity index is 1.33. The van der Waals surface area contributed by atoms with E-state index < -0.39 is 6.09 Å². The highest BCUT2D eigenvalue weighted by atomic mass is 16.6. The van der Waals surface area contributed by atoms with Crippen molar-refractivity contribution in [1.29, 1.82) is 0 Å². The fraction of sp³-hybridized carbons (Fsp3) is 0.231. The van der Waals surface area contributed by atoms with E-state index in [0.29, 0.717) is 34.3 Å². The molecule has 1 N–H and O–H groups in total. The van der Waals surface area contributed by atoms with E-state index in [1.165, 1.54) is 9.80 Å². The Hall–Kier alpha value is -4.20. The van der Waals surface area contributed by atoms with Crippen LogP contribution >= 0.6 is 0 Å². The van der Waals surface area contributed by atoms with E-state index in [0.717, 1.165) is 5.39 Å². The Morgan fingerprint density at radius 2 is 1.56 bits per heavy atom. The summed E-state index contributed by atoms with van der Waals surface area (Å²) >= 11 is 0. The van der Waals surface area contributed by atoms with Crippen LogP contribution in [0.3, 0.4) is 0 Å². The molecule has 0 radical (unpaired) electrons. The Morgan fingerprint density at radius 1 is 0.941 bits per heavy atom. The van der Waals surface area contributed by atoms with E-state index in [2.05, 4.69) is 5.32 Å². The molecule has 4 rings (SSSR count). The molecule has 8 heteroatoms. The van der Waals surface area contributed by atoms with Crippen LogP contribution in [0.2, 0.25) is 0 Å². The van der Waals surface area contributed by atoms with Gasteiger partial charge in [-0.1, -0.05) is 24.3 Å². The highest BCUT2D eigenvalue weighted by Gasteiger charge is 2.32. The molecule has 174 valence electrons. The number of carbonyl (C=O) groups is 4. The molecule has 0 saturated carbocycles. The summed E-state index contributed by atoms with van der Waals surface area (Å²) in [5.74, 6) is -0.905. The average Bonchev–Trinajstić information content (AvgIpc) is 2.84. The van der Waals surface area contributed by atoms with Gasteiger partial charge in [0.15, 0.2) is 0 Å². The minimum atomic E-state index is -0.458. The molecule has 0 bridgehead atoms. The van der Waals surface area contributed by atoms with E-state index in [9.17, 15) is 19.2 Å². The average molecular weight is 460 g/mol. The third-order valence-electron chi connectivity index (χ3n) is 5.72. The predicted molar refractivity (Wildman–Crippen MR) is 129 cm³/mol. The minimum Gasteiger partial charge on any atom is -0.449 e. The van der Waals surface area contributed by atoms with Gasteiger partial charge in [-0.15, -0.1) is 0 Å². The summed E-state index contributed by atoms with van der Waals surface area (Å²) in [7, 11) is 1.60. The maximum absolute atomic E-state index is 12.9. The van der Waals surface area contributed by atoms with Crippen molar-refractivity contribution in [3.05, 3.63) is 71.8 Å². The smallest absolute Gasteiger partial charge is 0.413 e. The number of anilines is 2. The van der Waals surface area contributed by atoms with Crippen molar-refractivity contribution in [2.45, 2.75) is 19.8 Å². The fourth-order valence-electron chi connectivity index (χ4n) is 4.00. The standard InChI is InChI=1S/C26H25N3O5/c1-3-34-26(33)28(2)19-14-12-18(13-15-19)27-22(30)11-6-16-29-24(31)20-9-4-7-17-8-5-10-21(23(17)20)25(29)32/h4-5,7-10,12-15H,3,6,11,16H2,1-2H3,(H,27,30). The maximum atomic E-state index is 12.9. The van der Waals surface area contributed by atoms with Gasteiger partial charge in [0, 0.05) is 47.9 Å². The number of nitrogens with one attached hydrogen (secondary N) is 1. The van der Waals surface area contributed by atoms with Crippen molar-refractivity contribution in [2.24, 2.45) is 0 Å². The van der Waals surface area contributed by atoms with Gasteiger partial charge in [0.2, 0.25) is 5.91 Å². The lowest BCUT2D eigenvalue weighted by molar-refractivity contribution is -0.116. The largest absolute Gasteiger partial charge is 0.449 e. The van der Waals surface area contributed by atoms with Gasteiger partial charge in [0.1, 0.15) is 0 Å². The molecule has 1 aliphatic rings. The topological polar surface area (TPSA) is 96.0 Å². The molecule has 3 aromatic rings. The van der Waals surface area contributed by atoms with E-state index in [-0.39, 0.29) is 37.3 Å². The quantitative estimate of drug-likeness (QED) is 0.527. The van der Waals surface area contributed by atoms with Gasteiger partial charge in [-0.05, 0) is 55.1 Å². The summed E-state index contributed by atoms with van der Waals surface area (Å²) in [6, 6.07) is 17.6. The van der Waals surface area contributed by atoms with Crippen LogP contribution in [-0.2, 0) is 9.53 Å². The lowest BCUT2D eigenvalue weighted by Gasteiger charge is -2.27. The molecule has 1 heterocycles. The molecule has 0 atom stereocenters. The van der Waals surface area contributed by atoms with Crippen LogP contribution < -0.4 is 10.2 Å². The number of rotatable bonds is 7. The van der Waals surface area contributed by atoms with Gasteiger partial charge in [-0.25, -0.2) is 4.79 Å². The monoisotopic (exact) mass is 459 g/mol. The van der Waals surface area contributed by atoms with Gasteiger partial charge in [-0.2, -0.15) is 0 Å². The summed E-state index contributed by atoms with van der Waals surface area (Å²) in [5.41, 5.74) is 2.22.